The van der Waals surface area contributed by atoms with Gasteiger partial charge < -0.3 is 19.9 Å². The third-order valence-electron chi connectivity index (χ3n) is 5.61. The fourth-order valence-corrected chi connectivity index (χ4v) is 3.99. The zero-order valence-electron chi connectivity index (χ0n) is 18.9. The number of amidine groups is 1. The first-order chi connectivity index (χ1) is 14.4. The molecule has 0 amide bonds. The molecule has 0 radical (unpaired) electrons. The average molecular weight is 409 g/mol. The fourth-order valence-electron chi connectivity index (χ4n) is 3.99. The van der Waals surface area contributed by atoms with Gasteiger partial charge in [0.05, 0.1) is 11.7 Å². The number of allylic oxidation sites excluding steroid dienone is 2. The molecular weight excluding hydrogens is 372 g/mol. The van der Waals surface area contributed by atoms with Crippen molar-refractivity contribution in [3.63, 3.8) is 0 Å². The molecule has 0 spiro atoms. The number of nitrogens with zero attached hydrogens (tertiary/aromatic N) is 3. The minimum Gasteiger partial charge on any atom is -0.489 e. The van der Waals surface area contributed by atoms with E-state index >= 15 is 0 Å². The van der Waals surface area contributed by atoms with Gasteiger partial charge in [-0.05, 0) is 57.2 Å². The highest BCUT2D eigenvalue weighted by molar-refractivity contribution is 6.02. The summed E-state index contributed by atoms with van der Waals surface area (Å²) in [4.78, 5) is 9.64. The Balaban J connectivity index is 1.90. The molecule has 1 fully saturated rings. The maximum absolute atomic E-state index is 6.17. The Hall–Kier alpha value is -2.69. The Bertz CT molecular complexity index is 840. The van der Waals surface area contributed by atoms with E-state index in [0.717, 1.165) is 61.0 Å². The zero-order valence-corrected chi connectivity index (χ0v) is 18.9. The lowest BCUT2D eigenvalue weighted by molar-refractivity contribution is 0.195. The van der Waals surface area contributed by atoms with E-state index in [9.17, 15) is 0 Å². The Morgan fingerprint density at radius 1 is 1.37 bits per heavy atom. The van der Waals surface area contributed by atoms with Crippen LogP contribution in [0.25, 0.3) is 0 Å². The number of benzene rings is 1. The molecule has 5 nitrogen and oxygen atoms in total. The van der Waals surface area contributed by atoms with Crippen molar-refractivity contribution in [1.82, 2.24) is 10.2 Å². The monoisotopic (exact) mass is 408 g/mol. The largest absolute Gasteiger partial charge is 0.489 e. The zero-order chi connectivity index (χ0) is 21.7. The Morgan fingerprint density at radius 2 is 2.17 bits per heavy atom. The second-order valence-corrected chi connectivity index (χ2v) is 8.34. The molecule has 3 rings (SSSR count). The van der Waals surface area contributed by atoms with Crippen molar-refractivity contribution in [2.24, 2.45) is 4.99 Å². The minimum atomic E-state index is 0.208. The van der Waals surface area contributed by atoms with Crippen LogP contribution >= 0.6 is 0 Å². The Morgan fingerprint density at radius 3 is 2.87 bits per heavy atom. The third kappa shape index (κ3) is 4.89. The summed E-state index contributed by atoms with van der Waals surface area (Å²) in [7, 11) is 0. The lowest BCUT2D eigenvalue weighted by Gasteiger charge is -2.46. The van der Waals surface area contributed by atoms with Gasteiger partial charge in [-0.1, -0.05) is 32.6 Å². The molecule has 1 aromatic carbocycles. The molecule has 1 saturated heterocycles. The van der Waals surface area contributed by atoms with Gasteiger partial charge in [-0.25, -0.2) is 0 Å². The van der Waals surface area contributed by atoms with Gasteiger partial charge in [-0.15, -0.1) is 0 Å². The van der Waals surface area contributed by atoms with Crippen molar-refractivity contribution in [3.8, 4) is 5.75 Å². The van der Waals surface area contributed by atoms with Crippen molar-refractivity contribution >= 4 is 11.5 Å². The van der Waals surface area contributed by atoms with Crippen LogP contribution in [0.3, 0.4) is 0 Å². The predicted molar refractivity (Wildman–Crippen MR) is 128 cm³/mol. The SMILES string of the molecule is C=CC(=C)N1CCN2c3cc(C(=NC(C)C)N/C=C/CCC)c(C)cc3OCC2C1. The molecule has 30 heavy (non-hydrogen) atoms. The number of unbranched alkanes of at least 4 members (excludes halogenated alkanes) is 1. The van der Waals surface area contributed by atoms with E-state index < -0.39 is 0 Å². The van der Waals surface area contributed by atoms with Gasteiger partial charge >= 0.3 is 0 Å². The van der Waals surface area contributed by atoms with Crippen LogP contribution in [0.1, 0.15) is 44.7 Å². The van der Waals surface area contributed by atoms with Crippen LogP contribution in [-0.2, 0) is 0 Å². The van der Waals surface area contributed by atoms with E-state index in [1.165, 1.54) is 5.56 Å². The summed E-state index contributed by atoms with van der Waals surface area (Å²) in [5, 5.41) is 3.43. The van der Waals surface area contributed by atoms with Gasteiger partial charge in [-0.2, -0.15) is 0 Å². The highest BCUT2D eigenvalue weighted by Crippen LogP contribution is 2.38. The molecule has 162 valence electrons. The maximum Gasteiger partial charge on any atom is 0.143 e. The molecule has 0 saturated carbocycles. The van der Waals surface area contributed by atoms with Crippen molar-refractivity contribution in [2.75, 3.05) is 31.1 Å². The van der Waals surface area contributed by atoms with Gasteiger partial charge in [0, 0.05) is 36.9 Å². The molecule has 0 bridgehead atoms. The summed E-state index contributed by atoms with van der Waals surface area (Å²) in [6.45, 7) is 20.0. The first-order valence-electron chi connectivity index (χ1n) is 11.0. The second-order valence-electron chi connectivity index (χ2n) is 8.34. The molecule has 1 aromatic rings. The van der Waals surface area contributed by atoms with Crippen molar-refractivity contribution in [3.05, 3.63) is 60.5 Å². The quantitative estimate of drug-likeness (QED) is 0.405. The van der Waals surface area contributed by atoms with Gasteiger partial charge in [0.15, 0.2) is 0 Å². The molecule has 0 aliphatic carbocycles. The molecule has 1 atom stereocenters. The van der Waals surface area contributed by atoms with E-state index in [-0.39, 0.29) is 6.04 Å². The molecule has 2 aliphatic heterocycles. The first kappa shape index (κ1) is 22.0. The number of aliphatic imine (C=N–C) groups is 1. The summed E-state index contributed by atoms with van der Waals surface area (Å²) in [5.74, 6) is 1.88. The summed E-state index contributed by atoms with van der Waals surface area (Å²) >= 11 is 0. The number of nitrogens with one attached hydrogen (secondary N) is 1. The number of hydrogen-bond donors (Lipinski definition) is 1. The number of rotatable bonds is 7. The Kier molecular flexibility index (Phi) is 7.24. The highest BCUT2D eigenvalue weighted by Gasteiger charge is 2.33. The molecule has 2 heterocycles. The molecular formula is C25H36N4O. The smallest absolute Gasteiger partial charge is 0.143 e. The molecule has 2 aliphatic rings. The van der Waals surface area contributed by atoms with Crippen LogP contribution in [0.15, 0.2) is 54.3 Å². The number of piperazine rings is 1. The molecule has 0 aromatic heterocycles. The average Bonchev–Trinajstić information content (AvgIpc) is 2.74. The van der Waals surface area contributed by atoms with E-state index in [1.54, 1.807) is 0 Å². The van der Waals surface area contributed by atoms with Gasteiger partial charge in [0.25, 0.3) is 0 Å². The highest BCUT2D eigenvalue weighted by atomic mass is 16.5. The van der Waals surface area contributed by atoms with Crippen molar-refractivity contribution in [2.45, 2.75) is 52.6 Å². The van der Waals surface area contributed by atoms with Crippen LogP contribution in [0.2, 0.25) is 0 Å². The summed E-state index contributed by atoms with van der Waals surface area (Å²) in [6.07, 6.45) is 8.20. The Labute approximate surface area is 181 Å². The van der Waals surface area contributed by atoms with E-state index in [0.29, 0.717) is 12.6 Å². The predicted octanol–water partition coefficient (Wildman–Crippen LogP) is 4.64. The lowest BCUT2D eigenvalue weighted by Crippen LogP contribution is -2.56. The normalized spacial score (nSPS) is 18.8. The number of ether oxygens (including phenoxy) is 1. The first-order valence-corrected chi connectivity index (χ1v) is 11.0. The van der Waals surface area contributed by atoms with Gasteiger partial charge in [-0.3, -0.25) is 4.99 Å². The van der Waals surface area contributed by atoms with Crippen molar-refractivity contribution < 1.29 is 4.74 Å². The van der Waals surface area contributed by atoms with Crippen LogP contribution in [0.5, 0.6) is 5.75 Å². The number of aryl methyl sites for hydroxylation is 1. The topological polar surface area (TPSA) is 40.1 Å². The standard InChI is InChI=1S/C25H36N4O/c1-7-9-10-11-26-25(27-18(3)4)22-15-23-24(14-19(22)5)30-17-21-16-28(20(6)8-2)12-13-29(21)23/h8,10-11,14-15,18,21H,2,6-7,9,12-13,16-17H2,1,3-5H3,(H,26,27)/b11-10+. The van der Waals surface area contributed by atoms with Gasteiger partial charge in [0.2, 0.25) is 0 Å². The maximum atomic E-state index is 6.17. The lowest BCUT2D eigenvalue weighted by atomic mass is 10.0. The number of anilines is 1. The van der Waals surface area contributed by atoms with Crippen LogP contribution in [-0.4, -0.2) is 49.1 Å². The van der Waals surface area contributed by atoms with E-state index in [1.807, 2.05) is 12.3 Å². The minimum absolute atomic E-state index is 0.208. The number of hydrogen-bond acceptors (Lipinski definition) is 4. The van der Waals surface area contributed by atoms with Gasteiger partial charge in [0.1, 0.15) is 18.2 Å². The summed E-state index contributed by atoms with van der Waals surface area (Å²) in [6, 6.07) is 4.92. The summed E-state index contributed by atoms with van der Waals surface area (Å²) < 4.78 is 6.17. The number of fused-ring (bicyclic) bond motifs is 3. The van der Waals surface area contributed by atoms with E-state index in [4.69, 9.17) is 9.73 Å². The van der Waals surface area contributed by atoms with Crippen LogP contribution in [0, 0.1) is 6.92 Å². The third-order valence-corrected chi connectivity index (χ3v) is 5.61. The second kappa shape index (κ2) is 9.88. The molecule has 5 heteroatoms. The van der Waals surface area contributed by atoms with Crippen LogP contribution in [0.4, 0.5) is 5.69 Å². The molecule has 1 N–H and O–H groups in total. The molecule has 1 unspecified atom stereocenters. The van der Waals surface area contributed by atoms with Crippen molar-refractivity contribution in [1.29, 1.82) is 0 Å². The van der Waals surface area contributed by atoms with Crippen LogP contribution < -0.4 is 15.0 Å². The summed E-state index contributed by atoms with van der Waals surface area (Å²) in [5.41, 5.74) is 4.44. The van der Waals surface area contributed by atoms with E-state index in [2.05, 4.69) is 74.2 Å². The fraction of sp³-hybridized carbons (Fsp3) is 0.480.